The number of aliphatic hydroxyl groups is 4. The molecule has 1 aliphatic carbocycles. The minimum atomic E-state index is -1.10. The van der Waals surface area contributed by atoms with Crippen molar-refractivity contribution in [1.82, 2.24) is 15.5 Å². The molecular weight excluding hydrogens is 450 g/mol. The normalized spacial score (nSPS) is 28.2. The van der Waals surface area contributed by atoms with Gasteiger partial charge in [0.1, 0.15) is 18.6 Å². The quantitative estimate of drug-likeness (QED) is 0.138. The lowest BCUT2D eigenvalue weighted by Crippen LogP contribution is -2.49. The van der Waals surface area contributed by atoms with Crippen LogP contribution in [0.5, 0.6) is 0 Å². The summed E-state index contributed by atoms with van der Waals surface area (Å²) >= 11 is 0. The van der Waals surface area contributed by atoms with Gasteiger partial charge in [-0.15, -0.1) is 0 Å². The molecule has 6 N–H and O–H groups in total. The fourth-order valence-corrected chi connectivity index (χ4v) is 4.82. The third kappa shape index (κ3) is 13.1. The first-order valence-corrected chi connectivity index (χ1v) is 13.5. The van der Waals surface area contributed by atoms with Gasteiger partial charge >= 0.3 is 0 Å². The summed E-state index contributed by atoms with van der Waals surface area (Å²) in [6.07, 6.45) is 6.04. The highest BCUT2D eigenvalue weighted by Crippen LogP contribution is 2.34. The molecule has 35 heavy (non-hydrogen) atoms. The first kappa shape index (κ1) is 30.9. The van der Waals surface area contributed by atoms with Crippen molar-refractivity contribution in [3.05, 3.63) is 0 Å². The van der Waals surface area contributed by atoms with Crippen LogP contribution < -0.4 is 10.6 Å². The van der Waals surface area contributed by atoms with Crippen molar-refractivity contribution in [3.8, 4) is 0 Å². The molecule has 208 valence electrons. The van der Waals surface area contributed by atoms with Gasteiger partial charge in [0.05, 0.1) is 5.60 Å². The summed E-state index contributed by atoms with van der Waals surface area (Å²) in [7, 11) is 2.00. The highest BCUT2D eigenvalue weighted by Gasteiger charge is 2.37. The van der Waals surface area contributed by atoms with Gasteiger partial charge in [0.2, 0.25) is 6.41 Å². The molecule has 0 aromatic rings. The zero-order valence-electron chi connectivity index (χ0n) is 22.9. The van der Waals surface area contributed by atoms with Crippen LogP contribution in [0.25, 0.3) is 0 Å². The van der Waals surface area contributed by atoms with Crippen molar-refractivity contribution in [2.45, 2.75) is 135 Å². The van der Waals surface area contributed by atoms with Gasteiger partial charge in [-0.3, -0.25) is 15.5 Å². The first-order valence-electron chi connectivity index (χ1n) is 13.5. The Balaban J connectivity index is 1.55. The number of hydrogen-bond donors (Lipinski definition) is 6. The SMILES string of the molecule is CN(CCC1CCC(NC(O)CNC(O)OC(C)(C)C)CC1)C(O)CCC(C)(C)CCC1OC1O. The molecule has 1 aliphatic heterocycles. The maximum absolute atomic E-state index is 10.6. The van der Waals surface area contributed by atoms with Gasteiger partial charge in [-0.1, -0.05) is 13.8 Å². The summed E-state index contributed by atoms with van der Waals surface area (Å²) in [5.74, 6) is 0.640. The second kappa shape index (κ2) is 14.0. The van der Waals surface area contributed by atoms with Crippen molar-refractivity contribution in [3.63, 3.8) is 0 Å². The summed E-state index contributed by atoms with van der Waals surface area (Å²) < 4.78 is 10.5. The second-order valence-corrected chi connectivity index (χ2v) is 12.4. The lowest BCUT2D eigenvalue weighted by Gasteiger charge is -2.33. The predicted octanol–water partition coefficient (Wildman–Crippen LogP) is 2.08. The summed E-state index contributed by atoms with van der Waals surface area (Å²) in [4.78, 5) is 2.06. The first-order chi connectivity index (χ1) is 16.2. The van der Waals surface area contributed by atoms with Gasteiger partial charge in [0.25, 0.3) is 0 Å². The standard InChI is InChI=1S/C26H53N3O6/c1-25(2,3)35-24(33)27-17-21(30)28-19-9-7-18(8-10-19)13-16-29(6)22(31)12-15-26(4,5)14-11-20-23(32)34-20/h18-24,27-28,30-33H,7-17H2,1-6H3. The number of ether oxygens (including phenoxy) is 2. The summed E-state index contributed by atoms with van der Waals surface area (Å²) in [5.41, 5.74) is -0.336. The van der Waals surface area contributed by atoms with Gasteiger partial charge in [-0.05, 0) is 96.9 Å². The van der Waals surface area contributed by atoms with Gasteiger partial charge in [-0.25, -0.2) is 0 Å². The van der Waals surface area contributed by atoms with Crippen LogP contribution in [0.4, 0.5) is 0 Å². The number of epoxide rings is 1. The second-order valence-electron chi connectivity index (χ2n) is 12.4. The Morgan fingerprint density at radius 3 is 2.20 bits per heavy atom. The van der Waals surface area contributed by atoms with E-state index in [-0.39, 0.29) is 24.1 Å². The average Bonchev–Trinajstić information content (AvgIpc) is 3.48. The van der Waals surface area contributed by atoms with Crippen molar-refractivity contribution in [2.75, 3.05) is 20.1 Å². The molecule has 1 saturated heterocycles. The van der Waals surface area contributed by atoms with Gasteiger partial charge in [0, 0.05) is 19.1 Å². The van der Waals surface area contributed by atoms with E-state index in [2.05, 4.69) is 29.4 Å². The molecule has 9 heteroatoms. The Morgan fingerprint density at radius 1 is 1.00 bits per heavy atom. The fourth-order valence-electron chi connectivity index (χ4n) is 4.82. The molecule has 1 saturated carbocycles. The van der Waals surface area contributed by atoms with E-state index in [1.807, 2.05) is 27.8 Å². The molecule has 0 amide bonds. The van der Waals surface area contributed by atoms with Crippen LogP contribution >= 0.6 is 0 Å². The minimum absolute atomic E-state index is 0.00743. The summed E-state index contributed by atoms with van der Waals surface area (Å²) in [5, 5.41) is 46.1. The third-order valence-electron chi connectivity index (χ3n) is 7.37. The molecule has 0 radical (unpaired) electrons. The van der Waals surface area contributed by atoms with Crippen LogP contribution in [-0.4, -0.2) is 88.4 Å². The van der Waals surface area contributed by atoms with Crippen LogP contribution in [0.2, 0.25) is 0 Å². The number of nitrogens with zero attached hydrogens (tertiary/aromatic N) is 1. The van der Waals surface area contributed by atoms with E-state index in [0.29, 0.717) is 5.92 Å². The number of hydrogen-bond acceptors (Lipinski definition) is 9. The topological polar surface area (TPSA) is 130 Å². The van der Waals surface area contributed by atoms with Crippen LogP contribution in [-0.2, 0) is 9.47 Å². The molecule has 5 unspecified atom stereocenters. The Morgan fingerprint density at radius 2 is 1.63 bits per heavy atom. The smallest absolute Gasteiger partial charge is 0.214 e. The highest BCUT2D eigenvalue weighted by atomic mass is 16.7. The predicted molar refractivity (Wildman–Crippen MR) is 136 cm³/mol. The van der Waals surface area contributed by atoms with Gasteiger partial charge in [0.15, 0.2) is 6.29 Å². The van der Waals surface area contributed by atoms with Crippen molar-refractivity contribution in [1.29, 1.82) is 0 Å². The van der Waals surface area contributed by atoms with Gasteiger partial charge < -0.3 is 29.9 Å². The molecule has 2 fully saturated rings. The van der Waals surface area contributed by atoms with E-state index >= 15 is 0 Å². The lowest BCUT2D eigenvalue weighted by atomic mass is 9.82. The molecule has 0 aromatic heterocycles. The average molecular weight is 504 g/mol. The van der Waals surface area contributed by atoms with Crippen molar-refractivity contribution < 1.29 is 29.9 Å². The number of aliphatic hydroxyl groups excluding tert-OH is 4. The number of rotatable bonds is 16. The van der Waals surface area contributed by atoms with E-state index in [9.17, 15) is 20.4 Å². The molecule has 1 heterocycles. The van der Waals surface area contributed by atoms with Crippen LogP contribution in [0.3, 0.4) is 0 Å². The molecule has 2 rings (SSSR count). The van der Waals surface area contributed by atoms with Crippen LogP contribution in [0, 0.1) is 11.3 Å². The molecule has 0 aromatic carbocycles. The third-order valence-corrected chi connectivity index (χ3v) is 7.37. The zero-order chi connectivity index (χ0) is 26.2. The Kier molecular flexibility index (Phi) is 12.3. The number of nitrogens with one attached hydrogen (secondary N) is 2. The van der Waals surface area contributed by atoms with E-state index in [0.717, 1.165) is 64.3 Å². The van der Waals surface area contributed by atoms with E-state index in [4.69, 9.17) is 9.47 Å². The Bertz CT molecular complexity index is 594. The zero-order valence-corrected chi connectivity index (χ0v) is 22.9. The maximum atomic E-state index is 10.6. The largest absolute Gasteiger partial charge is 0.378 e. The molecule has 2 aliphatic rings. The fraction of sp³-hybridized carbons (Fsp3) is 1.00. The van der Waals surface area contributed by atoms with Crippen molar-refractivity contribution >= 4 is 0 Å². The van der Waals surface area contributed by atoms with Crippen LogP contribution in [0.1, 0.15) is 92.4 Å². The molecule has 9 nitrogen and oxygen atoms in total. The van der Waals surface area contributed by atoms with E-state index < -0.39 is 30.8 Å². The molecular formula is C26H53N3O6. The van der Waals surface area contributed by atoms with Crippen molar-refractivity contribution in [2.24, 2.45) is 11.3 Å². The molecule has 0 bridgehead atoms. The Labute approximate surface area is 212 Å². The monoisotopic (exact) mass is 503 g/mol. The Hall–Kier alpha value is -0.360. The van der Waals surface area contributed by atoms with E-state index in [1.165, 1.54) is 0 Å². The highest BCUT2D eigenvalue weighted by molar-refractivity contribution is 4.81. The lowest BCUT2D eigenvalue weighted by molar-refractivity contribution is -0.183. The van der Waals surface area contributed by atoms with E-state index in [1.54, 1.807) is 0 Å². The molecule has 5 atom stereocenters. The summed E-state index contributed by atoms with van der Waals surface area (Å²) in [6, 6.07) is 0.274. The van der Waals surface area contributed by atoms with Crippen LogP contribution in [0.15, 0.2) is 0 Å². The maximum Gasteiger partial charge on any atom is 0.214 e. The molecule has 0 spiro atoms. The van der Waals surface area contributed by atoms with Gasteiger partial charge in [-0.2, -0.15) is 0 Å². The minimum Gasteiger partial charge on any atom is -0.378 e. The summed E-state index contributed by atoms with van der Waals surface area (Å²) in [6.45, 7) is 11.1.